The largest absolute Gasteiger partial charge is 0.340 e. The van der Waals surface area contributed by atoms with E-state index in [1.165, 1.54) is 11.1 Å². The van der Waals surface area contributed by atoms with E-state index >= 15 is 0 Å². The van der Waals surface area contributed by atoms with Gasteiger partial charge in [0.05, 0.1) is 6.04 Å². The molecule has 2 aromatic carbocycles. The first-order valence-corrected chi connectivity index (χ1v) is 10.1. The van der Waals surface area contributed by atoms with Crippen molar-refractivity contribution < 1.29 is 4.79 Å². The second kappa shape index (κ2) is 8.45. The molecule has 0 radical (unpaired) electrons. The average Bonchev–Trinajstić information content (AvgIpc) is 2.70. The Hall–Kier alpha value is -1.84. The van der Waals surface area contributed by atoms with Crippen molar-refractivity contribution in [2.45, 2.75) is 33.2 Å². The van der Waals surface area contributed by atoms with Crippen LogP contribution in [0, 0.1) is 5.41 Å². The van der Waals surface area contributed by atoms with E-state index in [4.69, 9.17) is 11.6 Å². The van der Waals surface area contributed by atoms with E-state index in [0.717, 1.165) is 37.6 Å². The minimum Gasteiger partial charge on any atom is -0.340 e. The minimum atomic E-state index is -0.281. The van der Waals surface area contributed by atoms with Crippen LogP contribution in [0.1, 0.15) is 44.4 Å². The van der Waals surface area contributed by atoms with Crippen LogP contribution in [0.25, 0.3) is 0 Å². The quantitative estimate of drug-likeness (QED) is 0.723. The number of piperazine rings is 1. The molecule has 0 aromatic heterocycles. The van der Waals surface area contributed by atoms with Crippen LogP contribution < -0.4 is 0 Å². The van der Waals surface area contributed by atoms with Crippen molar-refractivity contribution in [3.63, 3.8) is 0 Å². The summed E-state index contributed by atoms with van der Waals surface area (Å²) < 4.78 is 0. The lowest BCUT2D eigenvalue weighted by molar-refractivity contribution is -0.142. The van der Waals surface area contributed by atoms with E-state index in [0.29, 0.717) is 0 Å². The number of hydrogen-bond acceptors (Lipinski definition) is 2. The van der Waals surface area contributed by atoms with Crippen LogP contribution in [-0.2, 0) is 4.79 Å². The second-order valence-electron chi connectivity index (χ2n) is 7.93. The summed E-state index contributed by atoms with van der Waals surface area (Å²) in [6, 6.07) is 18.9. The highest BCUT2D eigenvalue weighted by Gasteiger charge is 2.34. The van der Waals surface area contributed by atoms with Gasteiger partial charge < -0.3 is 4.90 Å². The molecule has 3 rings (SSSR count). The fraction of sp³-hybridized carbons (Fsp3) is 0.435. The van der Waals surface area contributed by atoms with Crippen molar-refractivity contribution in [2.75, 3.05) is 26.2 Å². The predicted molar refractivity (Wildman–Crippen MR) is 112 cm³/mol. The van der Waals surface area contributed by atoms with Gasteiger partial charge in [-0.25, -0.2) is 0 Å². The Morgan fingerprint density at radius 3 is 2.07 bits per heavy atom. The Kier molecular flexibility index (Phi) is 6.23. The highest BCUT2D eigenvalue weighted by Crippen LogP contribution is 2.31. The Labute approximate surface area is 167 Å². The van der Waals surface area contributed by atoms with Crippen molar-refractivity contribution in [1.82, 2.24) is 9.80 Å². The maximum atomic E-state index is 12.8. The molecule has 1 aliphatic heterocycles. The molecule has 4 heteroatoms. The molecule has 1 amide bonds. The van der Waals surface area contributed by atoms with E-state index < -0.39 is 0 Å². The third-order valence-electron chi connectivity index (χ3n) is 5.73. The predicted octanol–water partition coefficient (Wildman–Crippen LogP) is 5.01. The summed E-state index contributed by atoms with van der Waals surface area (Å²) in [6.07, 6.45) is 0.865. The van der Waals surface area contributed by atoms with Gasteiger partial charge in [-0.1, -0.05) is 74.8 Å². The van der Waals surface area contributed by atoms with Gasteiger partial charge in [-0.3, -0.25) is 9.69 Å². The molecule has 1 atom stereocenters. The van der Waals surface area contributed by atoms with Crippen molar-refractivity contribution in [3.05, 3.63) is 70.7 Å². The van der Waals surface area contributed by atoms with Gasteiger partial charge in [-0.15, -0.1) is 0 Å². The van der Waals surface area contributed by atoms with Gasteiger partial charge in [-0.2, -0.15) is 0 Å². The zero-order chi connectivity index (χ0) is 19.4. The molecule has 144 valence electrons. The zero-order valence-corrected chi connectivity index (χ0v) is 17.2. The Morgan fingerprint density at radius 1 is 0.963 bits per heavy atom. The molecular formula is C23H29ClN2O. The van der Waals surface area contributed by atoms with E-state index in [-0.39, 0.29) is 17.4 Å². The molecule has 1 fully saturated rings. The number of carbonyl (C=O) groups excluding carboxylic acids is 1. The molecule has 0 N–H and O–H groups in total. The second-order valence-corrected chi connectivity index (χ2v) is 8.37. The molecule has 0 saturated carbocycles. The lowest BCUT2D eigenvalue weighted by atomic mass is 9.88. The highest BCUT2D eigenvalue weighted by molar-refractivity contribution is 6.30. The summed E-state index contributed by atoms with van der Waals surface area (Å²) >= 11 is 6.10. The maximum Gasteiger partial charge on any atom is 0.228 e. The average molecular weight is 385 g/mol. The van der Waals surface area contributed by atoms with Gasteiger partial charge in [-0.05, 0) is 29.7 Å². The molecule has 1 saturated heterocycles. The molecule has 1 aliphatic rings. The fourth-order valence-electron chi connectivity index (χ4n) is 3.66. The zero-order valence-electron chi connectivity index (χ0n) is 16.5. The number of amides is 1. The van der Waals surface area contributed by atoms with Crippen LogP contribution in [0.4, 0.5) is 0 Å². The monoisotopic (exact) mass is 384 g/mol. The standard InChI is InChI=1S/C23H29ClN2O/c1-4-23(2,3)22(27)26-16-14-25(15-17-26)21(18-8-6-5-7-9-18)19-10-12-20(24)13-11-19/h5-13,21H,4,14-17H2,1-3H3/t21-/m0/s1. The molecule has 1 heterocycles. The Balaban J connectivity index is 1.79. The summed E-state index contributed by atoms with van der Waals surface area (Å²) in [4.78, 5) is 17.3. The van der Waals surface area contributed by atoms with Crippen LogP contribution in [0.15, 0.2) is 54.6 Å². The summed E-state index contributed by atoms with van der Waals surface area (Å²) in [5.74, 6) is 0.271. The minimum absolute atomic E-state index is 0.180. The van der Waals surface area contributed by atoms with E-state index in [1.807, 2.05) is 36.9 Å². The van der Waals surface area contributed by atoms with Crippen LogP contribution in [-0.4, -0.2) is 41.9 Å². The Morgan fingerprint density at radius 2 is 1.52 bits per heavy atom. The third-order valence-corrected chi connectivity index (χ3v) is 5.98. The van der Waals surface area contributed by atoms with Crippen molar-refractivity contribution in [3.8, 4) is 0 Å². The third kappa shape index (κ3) is 4.53. The van der Waals surface area contributed by atoms with Crippen molar-refractivity contribution in [2.24, 2.45) is 5.41 Å². The van der Waals surface area contributed by atoms with Crippen LogP contribution in [0.3, 0.4) is 0 Å². The fourth-order valence-corrected chi connectivity index (χ4v) is 3.78. The first kappa shape index (κ1) is 19.9. The summed E-state index contributed by atoms with van der Waals surface area (Å²) in [6.45, 7) is 9.46. The van der Waals surface area contributed by atoms with Crippen LogP contribution in [0.5, 0.6) is 0 Å². The number of benzene rings is 2. The van der Waals surface area contributed by atoms with Crippen LogP contribution in [0.2, 0.25) is 5.02 Å². The molecule has 0 aliphatic carbocycles. The van der Waals surface area contributed by atoms with Crippen molar-refractivity contribution in [1.29, 1.82) is 0 Å². The number of rotatable bonds is 5. The van der Waals surface area contributed by atoms with Gasteiger partial charge in [0.1, 0.15) is 0 Å². The molecule has 3 nitrogen and oxygen atoms in total. The highest BCUT2D eigenvalue weighted by atomic mass is 35.5. The summed E-state index contributed by atoms with van der Waals surface area (Å²) in [5, 5.41) is 0.753. The number of carbonyl (C=O) groups is 1. The molecule has 27 heavy (non-hydrogen) atoms. The maximum absolute atomic E-state index is 12.8. The normalized spacial score (nSPS) is 17.0. The van der Waals surface area contributed by atoms with Gasteiger partial charge in [0.2, 0.25) is 5.91 Å². The SMILES string of the molecule is CCC(C)(C)C(=O)N1CCN([C@@H](c2ccccc2)c2ccc(Cl)cc2)CC1. The topological polar surface area (TPSA) is 23.6 Å². The number of hydrogen-bond donors (Lipinski definition) is 0. The van der Waals surface area contributed by atoms with Crippen molar-refractivity contribution >= 4 is 17.5 Å². The van der Waals surface area contributed by atoms with Gasteiger partial charge in [0.15, 0.2) is 0 Å². The smallest absolute Gasteiger partial charge is 0.228 e. The molecule has 0 spiro atoms. The van der Waals surface area contributed by atoms with E-state index in [1.54, 1.807) is 0 Å². The molecular weight excluding hydrogens is 356 g/mol. The molecule has 0 unspecified atom stereocenters. The summed E-state index contributed by atoms with van der Waals surface area (Å²) in [5.41, 5.74) is 2.23. The first-order valence-electron chi connectivity index (χ1n) is 9.76. The Bertz CT molecular complexity index is 750. The first-order chi connectivity index (χ1) is 12.9. The molecule has 0 bridgehead atoms. The van der Waals surface area contributed by atoms with Gasteiger partial charge >= 0.3 is 0 Å². The van der Waals surface area contributed by atoms with Gasteiger partial charge in [0.25, 0.3) is 0 Å². The van der Waals surface area contributed by atoms with Crippen LogP contribution >= 0.6 is 11.6 Å². The summed E-state index contributed by atoms with van der Waals surface area (Å²) in [7, 11) is 0. The number of nitrogens with zero attached hydrogens (tertiary/aromatic N) is 2. The number of halogens is 1. The lowest BCUT2D eigenvalue weighted by Crippen LogP contribution is -2.52. The van der Waals surface area contributed by atoms with E-state index in [9.17, 15) is 4.79 Å². The van der Waals surface area contributed by atoms with Gasteiger partial charge in [0, 0.05) is 36.6 Å². The van der Waals surface area contributed by atoms with E-state index in [2.05, 4.69) is 48.2 Å². The lowest BCUT2D eigenvalue weighted by Gasteiger charge is -2.42. The molecule has 2 aromatic rings.